The lowest BCUT2D eigenvalue weighted by Crippen LogP contribution is -2.17. The van der Waals surface area contributed by atoms with Gasteiger partial charge in [0.25, 0.3) is 0 Å². The summed E-state index contributed by atoms with van der Waals surface area (Å²) in [6, 6.07) is 5.86. The van der Waals surface area contributed by atoms with Crippen molar-refractivity contribution in [1.29, 1.82) is 0 Å². The van der Waals surface area contributed by atoms with Crippen LogP contribution in [0, 0.1) is 6.92 Å². The number of rotatable bonds is 2. The van der Waals surface area contributed by atoms with E-state index in [1.165, 1.54) is 43.2 Å². The maximum Gasteiger partial charge on any atom is 0.248 e. The van der Waals surface area contributed by atoms with E-state index in [1.54, 1.807) is 0 Å². The first-order valence-electron chi connectivity index (χ1n) is 6.09. The van der Waals surface area contributed by atoms with Crippen molar-refractivity contribution in [1.82, 2.24) is 0 Å². The average Bonchev–Trinajstić information content (AvgIpc) is 2.29. The fourth-order valence-electron chi connectivity index (χ4n) is 2.83. The van der Waals surface area contributed by atoms with Crippen LogP contribution in [0.5, 0.6) is 0 Å². The minimum Gasteiger partial charge on any atom is -0.366 e. The van der Waals surface area contributed by atoms with Crippen molar-refractivity contribution in [2.45, 2.75) is 44.9 Å². The monoisotopic (exact) mass is 217 g/mol. The van der Waals surface area contributed by atoms with Gasteiger partial charge >= 0.3 is 0 Å². The molecule has 2 heteroatoms. The molecule has 2 N–H and O–H groups in total. The molecule has 0 aliphatic heterocycles. The third-order valence-corrected chi connectivity index (χ3v) is 3.60. The summed E-state index contributed by atoms with van der Waals surface area (Å²) >= 11 is 0. The Labute approximate surface area is 96.8 Å². The number of amides is 1. The molecule has 1 aromatic carbocycles. The number of primary amides is 1. The molecule has 0 saturated heterocycles. The summed E-state index contributed by atoms with van der Waals surface area (Å²) in [5, 5.41) is 0. The van der Waals surface area contributed by atoms with Crippen LogP contribution in [-0.4, -0.2) is 5.91 Å². The molecule has 0 atom stereocenters. The second-order valence-electron chi connectivity index (χ2n) is 4.74. The van der Waals surface area contributed by atoms with Crippen molar-refractivity contribution in [2.24, 2.45) is 5.73 Å². The standard InChI is InChI=1S/C14H19NO/c1-10-6-5-9-12(14(15)16)13(10)11-7-3-2-4-8-11/h5-6,9,11H,2-4,7-8H2,1H3,(H2,15,16). The van der Waals surface area contributed by atoms with E-state index in [9.17, 15) is 4.79 Å². The highest BCUT2D eigenvalue weighted by Crippen LogP contribution is 2.36. The molecule has 2 rings (SSSR count). The topological polar surface area (TPSA) is 43.1 Å². The molecule has 0 heterocycles. The number of carbonyl (C=O) groups excluding carboxylic acids is 1. The van der Waals surface area contributed by atoms with Gasteiger partial charge < -0.3 is 5.73 Å². The zero-order chi connectivity index (χ0) is 11.5. The molecule has 1 aliphatic carbocycles. The fraction of sp³-hybridized carbons (Fsp3) is 0.500. The molecule has 2 nitrogen and oxygen atoms in total. The van der Waals surface area contributed by atoms with Gasteiger partial charge in [0.15, 0.2) is 0 Å². The van der Waals surface area contributed by atoms with Crippen molar-refractivity contribution in [2.75, 3.05) is 0 Å². The lowest BCUT2D eigenvalue weighted by Gasteiger charge is -2.25. The molecule has 0 aromatic heterocycles. The third-order valence-electron chi connectivity index (χ3n) is 3.60. The minimum absolute atomic E-state index is 0.288. The Morgan fingerprint density at radius 1 is 1.25 bits per heavy atom. The van der Waals surface area contributed by atoms with Gasteiger partial charge in [0.2, 0.25) is 5.91 Å². The highest BCUT2D eigenvalue weighted by Gasteiger charge is 2.21. The molecule has 1 fully saturated rings. The number of hydrogen-bond donors (Lipinski definition) is 1. The number of benzene rings is 1. The van der Waals surface area contributed by atoms with Crippen LogP contribution >= 0.6 is 0 Å². The van der Waals surface area contributed by atoms with Crippen LogP contribution in [0.25, 0.3) is 0 Å². The van der Waals surface area contributed by atoms with Crippen LogP contribution in [0.1, 0.15) is 59.5 Å². The van der Waals surface area contributed by atoms with Crippen LogP contribution in [0.2, 0.25) is 0 Å². The van der Waals surface area contributed by atoms with Gasteiger partial charge in [0.05, 0.1) is 0 Å². The van der Waals surface area contributed by atoms with Crippen LogP contribution in [0.15, 0.2) is 18.2 Å². The Balaban J connectivity index is 2.40. The summed E-state index contributed by atoms with van der Waals surface area (Å²) in [5.41, 5.74) is 8.59. The van der Waals surface area contributed by atoms with E-state index >= 15 is 0 Å². The lowest BCUT2D eigenvalue weighted by molar-refractivity contribution is 0.0998. The second-order valence-corrected chi connectivity index (χ2v) is 4.74. The molecule has 0 unspecified atom stereocenters. The van der Waals surface area contributed by atoms with Crippen molar-refractivity contribution in [3.63, 3.8) is 0 Å². The van der Waals surface area contributed by atoms with Gasteiger partial charge in [-0.05, 0) is 42.9 Å². The SMILES string of the molecule is Cc1cccc(C(N)=O)c1C1CCCCC1. The molecule has 1 aromatic rings. The molecule has 1 saturated carbocycles. The summed E-state index contributed by atoms with van der Waals surface area (Å²) in [5.74, 6) is 0.252. The number of carbonyl (C=O) groups is 1. The van der Waals surface area contributed by atoms with Gasteiger partial charge in [-0.15, -0.1) is 0 Å². The zero-order valence-electron chi connectivity index (χ0n) is 9.83. The normalized spacial score (nSPS) is 17.3. The van der Waals surface area contributed by atoms with Crippen molar-refractivity contribution >= 4 is 5.91 Å². The Kier molecular flexibility index (Phi) is 3.28. The van der Waals surface area contributed by atoms with E-state index in [2.05, 4.69) is 13.0 Å². The highest BCUT2D eigenvalue weighted by molar-refractivity contribution is 5.94. The predicted octanol–water partition coefficient (Wildman–Crippen LogP) is 3.14. The predicted molar refractivity (Wildman–Crippen MR) is 65.5 cm³/mol. The number of hydrogen-bond acceptors (Lipinski definition) is 1. The summed E-state index contributed by atoms with van der Waals surface area (Å²) in [7, 11) is 0. The quantitative estimate of drug-likeness (QED) is 0.812. The molecule has 0 spiro atoms. The smallest absolute Gasteiger partial charge is 0.248 e. The van der Waals surface area contributed by atoms with E-state index < -0.39 is 0 Å². The van der Waals surface area contributed by atoms with Gasteiger partial charge in [-0.1, -0.05) is 31.4 Å². The fourth-order valence-corrected chi connectivity index (χ4v) is 2.83. The van der Waals surface area contributed by atoms with Crippen molar-refractivity contribution in [3.05, 3.63) is 34.9 Å². The van der Waals surface area contributed by atoms with Gasteiger partial charge in [0, 0.05) is 5.56 Å². The molecular weight excluding hydrogens is 198 g/mol. The second kappa shape index (κ2) is 4.69. The first-order chi connectivity index (χ1) is 7.70. The highest BCUT2D eigenvalue weighted by atomic mass is 16.1. The van der Waals surface area contributed by atoms with E-state index in [0.717, 1.165) is 5.56 Å². The molecule has 16 heavy (non-hydrogen) atoms. The summed E-state index contributed by atoms with van der Waals surface area (Å²) in [4.78, 5) is 11.4. The van der Waals surface area contributed by atoms with E-state index in [4.69, 9.17) is 5.73 Å². The van der Waals surface area contributed by atoms with E-state index in [-0.39, 0.29) is 5.91 Å². The summed E-state index contributed by atoms with van der Waals surface area (Å²) in [6.45, 7) is 2.08. The van der Waals surface area contributed by atoms with Crippen LogP contribution in [-0.2, 0) is 0 Å². The first-order valence-corrected chi connectivity index (χ1v) is 6.09. The molecule has 0 bridgehead atoms. The molecule has 86 valence electrons. The Morgan fingerprint density at radius 2 is 1.94 bits per heavy atom. The maximum absolute atomic E-state index is 11.4. The van der Waals surface area contributed by atoms with Crippen LogP contribution in [0.3, 0.4) is 0 Å². The zero-order valence-corrected chi connectivity index (χ0v) is 9.83. The number of aryl methyl sites for hydroxylation is 1. The molecule has 0 radical (unpaired) electrons. The van der Waals surface area contributed by atoms with Gasteiger partial charge in [0.1, 0.15) is 0 Å². The van der Waals surface area contributed by atoms with E-state index in [1.807, 2.05) is 12.1 Å². The third kappa shape index (κ3) is 2.11. The van der Waals surface area contributed by atoms with Gasteiger partial charge in [-0.25, -0.2) is 0 Å². The average molecular weight is 217 g/mol. The molecule has 1 aliphatic rings. The van der Waals surface area contributed by atoms with Crippen molar-refractivity contribution < 1.29 is 4.79 Å². The Morgan fingerprint density at radius 3 is 2.56 bits per heavy atom. The number of nitrogens with two attached hydrogens (primary N) is 1. The summed E-state index contributed by atoms with van der Waals surface area (Å²) < 4.78 is 0. The summed E-state index contributed by atoms with van der Waals surface area (Å²) in [6.07, 6.45) is 6.28. The Bertz CT molecular complexity index is 392. The largest absolute Gasteiger partial charge is 0.366 e. The van der Waals surface area contributed by atoms with E-state index in [0.29, 0.717) is 5.92 Å². The lowest BCUT2D eigenvalue weighted by atomic mass is 9.80. The van der Waals surface area contributed by atoms with Gasteiger partial charge in [-0.2, -0.15) is 0 Å². The first kappa shape index (κ1) is 11.2. The van der Waals surface area contributed by atoms with Crippen LogP contribution < -0.4 is 5.73 Å². The van der Waals surface area contributed by atoms with Crippen molar-refractivity contribution in [3.8, 4) is 0 Å². The molecule has 1 amide bonds. The molecular formula is C14H19NO. The minimum atomic E-state index is -0.288. The van der Waals surface area contributed by atoms with Gasteiger partial charge in [-0.3, -0.25) is 4.79 Å². The van der Waals surface area contributed by atoms with Crippen LogP contribution in [0.4, 0.5) is 0 Å². The maximum atomic E-state index is 11.4. The Hall–Kier alpha value is -1.31.